The zero-order chi connectivity index (χ0) is 18.0. The molecule has 0 aliphatic rings. The molecule has 0 radical (unpaired) electrons. The van der Waals surface area contributed by atoms with E-state index in [1.807, 2.05) is 4.72 Å². The molecule has 1 aromatic heterocycles. The van der Waals surface area contributed by atoms with Gasteiger partial charge >= 0.3 is 6.18 Å². The van der Waals surface area contributed by atoms with Gasteiger partial charge in [-0.1, -0.05) is 41.9 Å². The van der Waals surface area contributed by atoms with Crippen LogP contribution in [0.4, 0.5) is 13.2 Å². The first-order valence-electron chi connectivity index (χ1n) is 6.65. The van der Waals surface area contributed by atoms with E-state index in [0.717, 1.165) is 0 Å². The third-order valence-corrected chi connectivity index (χ3v) is 6.44. The average molecular weight is 400 g/mol. The molecule has 1 heterocycles. The Hall–Kier alpha value is -1.13. The SMILES string of the molecule is O=S(=O)(N[C@@H](CO)[C@H](c1ccccc1)C(F)(F)F)c1ccc(Cl)s1. The molecule has 132 valence electrons. The first-order valence-corrected chi connectivity index (χ1v) is 9.33. The number of hydrogen-bond donors (Lipinski definition) is 2. The summed E-state index contributed by atoms with van der Waals surface area (Å²) >= 11 is 6.38. The van der Waals surface area contributed by atoms with Gasteiger partial charge in [-0.3, -0.25) is 0 Å². The molecule has 0 fully saturated rings. The van der Waals surface area contributed by atoms with Crippen molar-refractivity contribution in [2.75, 3.05) is 6.61 Å². The molecule has 0 aliphatic carbocycles. The summed E-state index contributed by atoms with van der Waals surface area (Å²) in [4.78, 5) is 0. The number of nitrogens with one attached hydrogen (secondary N) is 1. The Morgan fingerprint density at radius 3 is 2.25 bits per heavy atom. The summed E-state index contributed by atoms with van der Waals surface area (Å²) in [5.74, 6) is -2.19. The monoisotopic (exact) mass is 399 g/mol. The van der Waals surface area contributed by atoms with E-state index in [0.29, 0.717) is 11.3 Å². The first-order chi connectivity index (χ1) is 11.1. The number of halogens is 4. The molecule has 2 aromatic rings. The summed E-state index contributed by atoms with van der Waals surface area (Å²) in [6, 6.07) is 7.59. The van der Waals surface area contributed by atoms with Gasteiger partial charge in [0.2, 0.25) is 10.0 Å². The molecule has 0 bridgehead atoms. The van der Waals surface area contributed by atoms with Crippen molar-refractivity contribution in [3.63, 3.8) is 0 Å². The predicted octanol–water partition coefficient (Wildman–Crippen LogP) is 3.39. The molecular formula is C14H13ClF3NO3S2. The highest BCUT2D eigenvalue weighted by molar-refractivity contribution is 7.91. The van der Waals surface area contributed by atoms with Crippen molar-refractivity contribution < 1.29 is 26.7 Å². The fourth-order valence-electron chi connectivity index (χ4n) is 2.22. The summed E-state index contributed by atoms with van der Waals surface area (Å²) < 4.78 is 66.8. The zero-order valence-corrected chi connectivity index (χ0v) is 14.4. The van der Waals surface area contributed by atoms with Crippen molar-refractivity contribution in [3.8, 4) is 0 Å². The lowest BCUT2D eigenvalue weighted by atomic mass is 9.92. The van der Waals surface area contributed by atoms with Crippen LogP contribution < -0.4 is 4.72 Å². The van der Waals surface area contributed by atoms with Crippen LogP contribution in [0, 0.1) is 0 Å². The lowest BCUT2D eigenvalue weighted by Crippen LogP contribution is -2.46. The van der Waals surface area contributed by atoms with Gasteiger partial charge in [0.05, 0.1) is 22.9 Å². The second kappa shape index (κ2) is 7.40. The molecule has 0 unspecified atom stereocenters. The Bertz CT molecular complexity index is 778. The van der Waals surface area contributed by atoms with Crippen molar-refractivity contribution in [2.24, 2.45) is 0 Å². The topological polar surface area (TPSA) is 66.4 Å². The number of thiophene rings is 1. The minimum atomic E-state index is -4.75. The van der Waals surface area contributed by atoms with E-state index in [-0.39, 0.29) is 14.1 Å². The molecule has 2 atom stereocenters. The summed E-state index contributed by atoms with van der Waals surface area (Å²) in [6.07, 6.45) is -4.75. The minimum absolute atomic E-state index is 0.143. The summed E-state index contributed by atoms with van der Waals surface area (Å²) in [5, 5.41) is 9.39. The van der Waals surface area contributed by atoms with E-state index in [2.05, 4.69) is 0 Å². The molecule has 2 rings (SSSR count). The van der Waals surface area contributed by atoms with Gasteiger partial charge in [-0.2, -0.15) is 13.2 Å². The fraction of sp³-hybridized carbons (Fsp3) is 0.286. The number of aliphatic hydroxyl groups excluding tert-OH is 1. The van der Waals surface area contributed by atoms with Crippen LogP contribution in [-0.2, 0) is 10.0 Å². The quantitative estimate of drug-likeness (QED) is 0.782. The fourth-order valence-corrected chi connectivity index (χ4v) is 4.96. The third-order valence-electron chi connectivity index (χ3n) is 3.23. The van der Waals surface area contributed by atoms with Crippen LogP contribution in [-0.4, -0.2) is 32.3 Å². The number of alkyl halides is 3. The van der Waals surface area contributed by atoms with Crippen LogP contribution in [0.3, 0.4) is 0 Å². The van der Waals surface area contributed by atoms with Gasteiger partial charge in [-0.05, 0) is 17.7 Å². The Morgan fingerprint density at radius 1 is 1.17 bits per heavy atom. The summed E-state index contributed by atoms with van der Waals surface area (Å²) in [6.45, 7) is -1.02. The Morgan fingerprint density at radius 2 is 1.79 bits per heavy atom. The number of hydrogen-bond acceptors (Lipinski definition) is 4. The third kappa shape index (κ3) is 4.48. The van der Waals surface area contributed by atoms with E-state index in [9.17, 15) is 26.7 Å². The molecule has 2 N–H and O–H groups in total. The van der Waals surface area contributed by atoms with Crippen molar-refractivity contribution in [2.45, 2.75) is 22.3 Å². The van der Waals surface area contributed by atoms with Crippen LogP contribution in [0.25, 0.3) is 0 Å². The smallest absolute Gasteiger partial charge is 0.395 e. The number of sulfonamides is 1. The number of rotatable bonds is 6. The summed E-state index contributed by atoms with van der Waals surface area (Å²) in [7, 11) is -4.24. The molecule has 1 aromatic carbocycles. The molecule has 0 saturated carbocycles. The van der Waals surface area contributed by atoms with Crippen LogP contribution >= 0.6 is 22.9 Å². The Labute approximate surface area is 145 Å². The molecule has 0 aliphatic heterocycles. The largest absolute Gasteiger partial charge is 0.397 e. The van der Waals surface area contributed by atoms with Gasteiger partial charge < -0.3 is 5.11 Å². The minimum Gasteiger partial charge on any atom is -0.395 e. The predicted molar refractivity (Wildman–Crippen MR) is 85.8 cm³/mol. The molecule has 24 heavy (non-hydrogen) atoms. The van der Waals surface area contributed by atoms with E-state index >= 15 is 0 Å². The van der Waals surface area contributed by atoms with Gasteiger partial charge in [0, 0.05) is 0 Å². The Balaban J connectivity index is 2.37. The van der Waals surface area contributed by atoms with Crippen molar-refractivity contribution in [1.82, 2.24) is 4.72 Å². The molecule has 0 spiro atoms. The Kier molecular flexibility index (Phi) is 5.92. The average Bonchev–Trinajstić information content (AvgIpc) is 2.93. The van der Waals surface area contributed by atoms with E-state index < -0.39 is 34.8 Å². The molecule has 10 heteroatoms. The molecular weight excluding hydrogens is 387 g/mol. The maximum absolute atomic E-state index is 13.5. The number of aliphatic hydroxyl groups is 1. The van der Waals surface area contributed by atoms with Gasteiger partial charge in [0.15, 0.2) is 0 Å². The standard InChI is InChI=1S/C14H13ClF3NO3S2/c15-11-6-7-12(23-11)24(21,22)19-10(8-20)13(14(16,17)18)9-4-2-1-3-5-9/h1-7,10,13,19-20H,8H2/t10-,13-/m0/s1. The van der Waals surface area contributed by atoms with Crippen LogP contribution in [0.2, 0.25) is 4.34 Å². The van der Waals surface area contributed by atoms with Gasteiger partial charge in [0.1, 0.15) is 4.21 Å². The van der Waals surface area contributed by atoms with Crippen LogP contribution in [0.5, 0.6) is 0 Å². The van der Waals surface area contributed by atoms with Crippen LogP contribution in [0.1, 0.15) is 11.5 Å². The highest BCUT2D eigenvalue weighted by atomic mass is 35.5. The van der Waals surface area contributed by atoms with E-state index in [1.165, 1.54) is 36.4 Å². The lowest BCUT2D eigenvalue weighted by molar-refractivity contribution is -0.158. The summed E-state index contributed by atoms with van der Waals surface area (Å²) in [5.41, 5.74) is -0.143. The van der Waals surface area contributed by atoms with Crippen LogP contribution in [0.15, 0.2) is 46.7 Å². The normalized spacial score (nSPS) is 15.2. The van der Waals surface area contributed by atoms with Gasteiger partial charge in [0.25, 0.3) is 0 Å². The second-order valence-electron chi connectivity index (χ2n) is 4.90. The maximum Gasteiger partial charge on any atom is 0.397 e. The second-order valence-corrected chi connectivity index (χ2v) is 8.55. The lowest BCUT2D eigenvalue weighted by Gasteiger charge is -2.28. The van der Waals surface area contributed by atoms with Crippen molar-refractivity contribution >= 4 is 33.0 Å². The highest BCUT2D eigenvalue weighted by Crippen LogP contribution is 2.38. The van der Waals surface area contributed by atoms with Crippen molar-refractivity contribution in [3.05, 3.63) is 52.4 Å². The maximum atomic E-state index is 13.5. The molecule has 0 amide bonds. The van der Waals surface area contributed by atoms with Gasteiger partial charge in [-0.15, -0.1) is 11.3 Å². The zero-order valence-electron chi connectivity index (χ0n) is 12.0. The molecule has 4 nitrogen and oxygen atoms in total. The number of benzene rings is 1. The van der Waals surface area contributed by atoms with Crippen molar-refractivity contribution in [1.29, 1.82) is 0 Å². The molecule has 0 saturated heterocycles. The van der Waals surface area contributed by atoms with E-state index in [1.54, 1.807) is 6.07 Å². The first kappa shape index (κ1) is 19.2. The van der Waals surface area contributed by atoms with E-state index in [4.69, 9.17) is 11.6 Å². The van der Waals surface area contributed by atoms with Gasteiger partial charge in [-0.25, -0.2) is 13.1 Å². The highest BCUT2D eigenvalue weighted by Gasteiger charge is 2.46.